The van der Waals surface area contributed by atoms with Gasteiger partial charge in [0.1, 0.15) is 5.82 Å². The van der Waals surface area contributed by atoms with Gasteiger partial charge < -0.3 is 15.5 Å². The zero-order valence-electron chi connectivity index (χ0n) is 11.7. The molecule has 2 N–H and O–H groups in total. The van der Waals surface area contributed by atoms with E-state index in [1.54, 1.807) is 14.1 Å². The summed E-state index contributed by atoms with van der Waals surface area (Å²) in [6, 6.07) is 2.61. The predicted octanol–water partition coefficient (Wildman–Crippen LogP) is 2.21. The molecule has 0 aliphatic rings. The Morgan fingerprint density at radius 3 is 2.48 bits per heavy atom. The summed E-state index contributed by atoms with van der Waals surface area (Å²) in [6.07, 6.45) is -4.71. The molecule has 0 spiro atoms. The SMILES string of the molecule is CN(C)C(=O)NCCNCc1ccc(F)c(C(F)(F)F)c1. The average Bonchev–Trinajstić information content (AvgIpc) is 2.38. The number of halogens is 4. The topological polar surface area (TPSA) is 44.4 Å². The molecule has 0 atom stereocenters. The van der Waals surface area contributed by atoms with Crippen molar-refractivity contribution in [2.75, 3.05) is 27.2 Å². The van der Waals surface area contributed by atoms with Crippen LogP contribution in [0, 0.1) is 5.82 Å². The third-order valence-corrected chi connectivity index (χ3v) is 2.65. The molecule has 0 aliphatic carbocycles. The minimum absolute atomic E-state index is 0.154. The molecule has 0 aliphatic heterocycles. The van der Waals surface area contributed by atoms with Gasteiger partial charge in [-0.3, -0.25) is 0 Å². The van der Waals surface area contributed by atoms with Gasteiger partial charge in [0.05, 0.1) is 5.56 Å². The first kappa shape index (κ1) is 17.2. The first-order valence-electron chi connectivity index (χ1n) is 6.23. The molecule has 0 bridgehead atoms. The Morgan fingerprint density at radius 2 is 1.90 bits per heavy atom. The standard InChI is InChI=1S/C13H17F4N3O/c1-20(2)12(21)19-6-5-18-8-9-3-4-11(14)10(7-9)13(15,16)17/h3-4,7,18H,5-6,8H2,1-2H3,(H,19,21). The zero-order chi connectivity index (χ0) is 16.0. The van der Waals surface area contributed by atoms with E-state index >= 15 is 0 Å². The molecule has 2 amide bonds. The number of urea groups is 1. The van der Waals surface area contributed by atoms with Gasteiger partial charge in [-0.2, -0.15) is 13.2 Å². The molecule has 1 aromatic carbocycles. The van der Waals surface area contributed by atoms with E-state index in [1.165, 1.54) is 11.0 Å². The predicted molar refractivity (Wildman–Crippen MR) is 70.2 cm³/mol. The number of amides is 2. The van der Waals surface area contributed by atoms with Gasteiger partial charge in [-0.15, -0.1) is 0 Å². The highest BCUT2D eigenvalue weighted by Crippen LogP contribution is 2.31. The largest absolute Gasteiger partial charge is 0.419 e. The van der Waals surface area contributed by atoms with Crippen LogP contribution in [-0.2, 0) is 12.7 Å². The number of carbonyl (C=O) groups excluding carboxylic acids is 1. The Balaban J connectivity index is 2.45. The molecular formula is C13H17F4N3O. The maximum absolute atomic E-state index is 13.1. The molecule has 0 fully saturated rings. The second kappa shape index (κ2) is 7.26. The Bertz CT molecular complexity index is 489. The van der Waals surface area contributed by atoms with E-state index in [0.29, 0.717) is 18.7 Å². The molecule has 1 aromatic rings. The highest BCUT2D eigenvalue weighted by Gasteiger charge is 2.34. The highest BCUT2D eigenvalue weighted by molar-refractivity contribution is 5.73. The monoisotopic (exact) mass is 307 g/mol. The van der Waals surface area contributed by atoms with Crippen molar-refractivity contribution < 1.29 is 22.4 Å². The smallest absolute Gasteiger partial charge is 0.337 e. The Labute approximate surface area is 120 Å². The lowest BCUT2D eigenvalue weighted by molar-refractivity contribution is -0.140. The van der Waals surface area contributed by atoms with E-state index in [4.69, 9.17) is 0 Å². The molecular weight excluding hydrogens is 290 g/mol. The van der Waals surface area contributed by atoms with E-state index in [9.17, 15) is 22.4 Å². The Kier molecular flexibility index (Phi) is 5.95. The molecule has 0 saturated heterocycles. The summed E-state index contributed by atoms with van der Waals surface area (Å²) in [7, 11) is 3.19. The minimum Gasteiger partial charge on any atom is -0.337 e. The van der Waals surface area contributed by atoms with Crippen molar-refractivity contribution in [2.24, 2.45) is 0 Å². The van der Waals surface area contributed by atoms with Crippen molar-refractivity contribution in [1.29, 1.82) is 0 Å². The van der Waals surface area contributed by atoms with Gasteiger partial charge in [-0.25, -0.2) is 9.18 Å². The normalized spacial score (nSPS) is 11.3. The summed E-state index contributed by atoms with van der Waals surface area (Å²) in [4.78, 5) is 12.6. The fraction of sp³-hybridized carbons (Fsp3) is 0.462. The summed E-state index contributed by atoms with van der Waals surface area (Å²) < 4.78 is 50.7. The first-order valence-corrected chi connectivity index (χ1v) is 6.23. The number of nitrogens with one attached hydrogen (secondary N) is 2. The summed E-state index contributed by atoms with van der Waals surface area (Å²) in [5, 5.41) is 5.47. The molecule has 0 unspecified atom stereocenters. The van der Waals surface area contributed by atoms with Crippen LogP contribution >= 0.6 is 0 Å². The van der Waals surface area contributed by atoms with E-state index in [2.05, 4.69) is 10.6 Å². The molecule has 0 radical (unpaired) electrons. The van der Waals surface area contributed by atoms with Crippen LogP contribution in [0.4, 0.5) is 22.4 Å². The van der Waals surface area contributed by atoms with Gasteiger partial charge >= 0.3 is 12.2 Å². The number of hydrogen-bond donors (Lipinski definition) is 2. The number of rotatable bonds is 5. The van der Waals surface area contributed by atoms with Gasteiger partial charge in [0.15, 0.2) is 0 Å². The number of carbonyl (C=O) groups is 1. The summed E-state index contributed by atoms with van der Waals surface area (Å²) in [5.41, 5.74) is -0.953. The van der Waals surface area contributed by atoms with Crippen molar-refractivity contribution in [2.45, 2.75) is 12.7 Å². The molecule has 4 nitrogen and oxygen atoms in total. The summed E-state index contributed by atoms with van der Waals surface area (Å²) >= 11 is 0. The number of nitrogens with zero attached hydrogens (tertiary/aromatic N) is 1. The first-order chi connectivity index (χ1) is 9.71. The maximum atomic E-state index is 13.1. The Morgan fingerprint density at radius 1 is 1.24 bits per heavy atom. The van der Waals surface area contributed by atoms with Gasteiger partial charge in [0.25, 0.3) is 0 Å². The summed E-state index contributed by atoms with van der Waals surface area (Å²) in [6.45, 7) is 0.879. The van der Waals surface area contributed by atoms with Crippen LogP contribution in [0.15, 0.2) is 18.2 Å². The second-order valence-corrected chi connectivity index (χ2v) is 4.62. The van der Waals surface area contributed by atoms with Crippen LogP contribution in [0.2, 0.25) is 0 Å². The second-order valence-electron chi connectivity index (χ2n) is 4.62. The van der Waals surface area contributed by atoms with Gasteiger partial charge in [-0.05, 0) is 17.7 Å². The van der Waals surface area contributed by atoms with Crippen LogP contribution in [-0.4, -0.2) is 38.1 Å². The lowest BCUT2D eigenvalue weighted by Crippen LogP contribution is -2.38. The highest BCUT2D eigenvalue weighted by atomic mass is 19.4. The van der Waals surface area contributed by atoms with E-state index < -0.39 is 17.6 Å². The number of benzene rings is 1. The van der Waals surface area contributed by atoms with Crippen LogP contribution in [0.3, 0.4) is 0 Å². The lowest BCUT2D eigenvalue weighted by atomic mass is 10.1. The lowest BCUT2D eigenvalue weighted by Gasteiger charge is -2.13. The third kappa shape index (κ3) is 5.58. The fourth-order valence-corrected chi connectivity index (χ4v) is 1.55. The molecule has 0 aromatic heterocycles. The number of alkyl halides is 3. The Hall–Kier alpha value is -1.83. The zero-order valence-corrected chi connectivity index (χ0v) is 11.7. The van der Waals surface area contributed by atoms with E-state index in [0.717, 1.165) is 12.1 Å². The molecule has 8 heteroatoms. The van der Waals surface area contributed by atoms with Crippen LogP contribution in [0.25, 0.3) is 0 Å². The van der Waals surface area contributed by atoms with Crippen LogP contribution in [0.1, 0.15) is 11.1 Å². The molecule has 1 rings (SSSR count). The van der Waals surface area contributed by atoms with Crippen LogP contribution in [0.5, 0.6) is 0 Å². The molecule has 0 heterocycles. The van der Waals surface area contributed by atoms with Crippen molar-refractivity contribution in [3.05, 3.63) is 35.1 Å². The molecule has 0 saturated carbocycles. The van der Waals surface area contributed by atoms with Crippen molar-refractivity contribution in [3.8, 4) is 0 Å². The van der Waals surface area contributed by atoms with E-state index in [-0.39, 0.29) is 12.6 Å². The fourth-order valence-electron chi connectivity index (χ4n) is 1.55. The van der Waals surface area contributed by atoms with E-state index in [1.807, 2.05) is 0 Å². The quantitative estimate of drug-likeness (QED) is 0.647. The summed E-state index contributed by atoms with van der Waals surface area (Å²) in [5.74, 6) is -1.29. The van der Waals surface area contributed by atoms with Crippen LogP contribution < -0.4 is 10.6 Å². The molecule has 21 heavy (non-hydrogen) atoms. The maximum Gasteiger partial charge on any atom is 0.419 e. The van der Waals surface area contributed by atoms with Gasteiger partial charge in [-0.1, -0.05) is 6.07 Å². The van der Waals surface area contributed by atoms with Crippen molar-refractivity contribution >= 4 is 6.03 Å². The average molecular weight is 307 g/mol. The third-order valence-electron chi connectivity index (χ3n) is 2.65. The van der Waals surface area contributed by atoms with Crippen molar-refractivity contribution in [3.63, 3.8) is 0 Å². The van der Waals surface area contributed by atoms with Gasteiger partial charge in [0.2, 0.25) is 0 Å². The molecule has 118 valence electrons. The van der Waals surface area contributed by atoms with Gasteiger partial charge in [0, 0.05) is 33.7 Å². The van der Waals surface area contributed by atoms with Crippen molar-refractivity contribution in [1.82, 2.24) is 15.5 Å². The number of hydrogen-bond acceptors (Lipinski definition) is 2. The minimum atomic E-state index is -4.71.